The summed E-state index contributed by atoms with van der Waals surface area (Å²) in [4.78, 5) is 0. The first-order valence-electron chi connectivity index (χ1n) is 9.01. The van der Waals surface area contributed by atoms with Gasteiger partial charge in [-0.15, -0.1) is 0 Å². The highest BCUT2D eigenvalue weighted by Gasteiger charge is 2.20. The van der Waals surface area contributed by atoms with Gasteiger partial charge in [0.25, 0.3) is 0 Å². The molecule has 1 aliphatic carbocycles. The average Bonchev–Trinajstić information content (AvgIpc) is 2.36. The highest BCUT2D eigenvalue weighted by atomic mass is 16.3. The van der Waals surface area contributed by atoms with Crippen LogP contribution in [0.4, 0.5) is 0 Å². The zero-order chi connectivity index (χ0) is 13.8. The summed E-state index contributed by atoms with van der Waals surface area (Å²) in [6.45, 7) is 2.28. The van der Waals surface area contributed by atoms with E-state index >= 15 is 0 Å². The zero-order valence-electron chi connectivity index (χ0n) is 13.2. The second kappa shape index (κ2) is 11.8. The number of aliphatic hydroxyl groups excluding tert-OH is 1. The maximum absolute atomic E-state index is 9.91. The predicted molar refractivity (Wildman–Crippen MR) is 84.4 cm³/mol. The lowest BCUT2D eigenvalue weighted by molar-refractivity contribution is 0.107. The summed E-state index contributed by atoms with van der Waals surface area (Å²) in [6.07, 6.45) is 20.1. The Morgan fingerprint density at radius 1 is 0.842 bits per heavy atom. The Balaban J connectivity index is 1.73. The largest absolute Gasteiger partial charge is 0.393 e. The molecule has 0 heterocycles. The summed E-state index contributed by atoms with van der Waals surface area (Å²) in [5.41, 5.74) is 0. The van der Waals surface area contributed by atoms with Crippen molar-refractivity contribution < 1.29 is 5.11 Å². The van der Waals surface area contributed by atoms with E-state index < -0.39 is 0 Å². The van der Waals surface area contributed by atoms with Gasteiger partial charge in [0.15, 0.2) is 0 Å². The van der Waals surface area contributed by atoms with Crippen molar-refractivity contribution >= 4 is 0 Å². The third-order valence-corrected chi connectivity index (χ3v) is 4.72. The molecule has 0 amide bonds. The Kier molecular flexibility index (Phi) is 10.5. The van der Waals surface area contributed by atoms with Crippen molar-refractivity contribution in [2.75, 3.05) is 0 Å². The quantitative estimate of drug-likeness (QED) is 0.415. The van der Waals surface area contributed by atoms with Crippen LogP contribution in [-0.2, 0) is 0 Å². The smallest absolute Gasteiger partial charge is 0.0542 e. The van der Waals surface area contributed by atoms with Crippen molar-refractivity contribution in [1.82, 2.24) is 0 Å². The van der Waals surface area contributed by atoms with Crippen molar-refractivity contribution in [1.29, 1.82) is 0 Å². The van der Waals surface area contributed by atoms with Crippen LogP contribution in [0.5, 0.6) is 0 Å². The van der Waals surface area contributed by atoms with Crippen LogP contribution in [0.2, 0.25) is 0 Å². The van der Waals surface area contributed by atoms with Gasteiger partial charge in [-0.05, 0) is 18.8 Å². The molecular weight excluding hydrogens is 232 g/mol. The first-order valence-corrected chi connectivity index (χ1v) is 9.01. The lowest BCUT2D eigenvalue weighted by Crippen LogP contribution is -2.19. The van der Waals surface area contributed by atoms with Gasteiger partial charge in [-0.25, -0.2) is 0 Å². The monoisotopic (exact) mass is 268 g/mol. The molecule has 0 bridgehead atoms. The fourth-order valence-electron chi connectivity index (χ4n) is 3.10. The zero-order valence-corrected chi connectivity index (χ0v) is 13.2. The van der Waals surface area contributed by atoms with Gasteiger partial charge in [0.2, 0.25) is 0 Å². The number of aliphatic hydroxyl groups is 1. The van der Waals surface area contributed by atoms with E-state index in [9.17, 15) is 5.11 Å². The molecule has 1 aliphatic rings. The normalized spacial score (nSPS) is 17.4. The highest BCUT2D eigenvalue weighted by molar-refractivity contribution is 4.73. The van der Waals surface area contributed by atoms with Crippen LogP contribution in [0.3, 0.4) is 0 Å². The van der Waals surface area contributed by atoms with Crippen molar-refractivity contribution in [3.63, 3.8) is 0 Å². The fourth-order valence-corrected chi connectivity index (χ4v) is 3.10. The molecular formula is C18H36O. The number of rotatable bonds is 13. The molecule has 1 nitrogen and oxygen atoms in total. The predicted octanol–water partition coefficient (Wildman–Crippen LogP) is 5.85. The molecule has 19 heavy (non-hydrogen) atoms. The molecule has 0 aromatic carbocycles. The molecule has 0 saturated heterocycles. The van der Waals surface area contributed by atoms with Crippen LogP contribution in [0.25, 0.3) is 0 Å². The Morgan fingerprint density at radius 3 is 1.84 bits per heavy atom. The molecule has 1 rings (SSSR count). The van der Waals surface area contributed by atoms with Gasteiger partial charge < -0.3 is 5.11 Å². The topological polar surface area (TPSA) is 20.2 Å². The molecule has 1 heteroatoms. The van der Waals surface area contributed by atoms with E-state index in [1.165, 1.54) is 83.5 Å². The standard InChI is InChI=1S/C18H36O/c1-2-3-4-5-6-7-8-9-10-11-15-18(19)16-17-13-12-14-17/h17-19H,2-16H2,1H3. The van der Waals surface area contributed by atoms with E-state index in [0.29, 0.717) is 0 Å². The molecule has 1 fully saturated rings. The van der Waals surface area contributed by atoms with Crippen LogP contribution in [0.15, 0.2) is 0 Å². The van der Waals surface area contributed by atoms with Gasteiger partial charge in [-0.3, -0.25) is 0 Å². The first-order chi connectivity index (χ1) is 9.33. The minimum absolute atomic E-state index is 0.000608. The highest BCUT2D eigenvalue weighted by Crippen LogP contribution is 2.31. The Morgan fingerprint density at radius 2 is 1.37 bits per heavy atom. The SMILES string of the molecule is CCCCCCCCCCCCC(O)CC1CCC1. The minimum atomic E-state index is -0.000608. The lowest BCUT2D eigenvalue weighted by Gasteiger charge is -2.27. The lowest BCUT2D eigenvalue weighted by atomic mass is 9.81. The second-order valence-corrected chi connectivity index (χ2v) is 6.66. The fraction of sp³-hybridized carbons (Fsp3) is 1.00. The number of hydrogen-bond acceptors (Lipinski definition) is 1. The maximum Gasteiger partial charge on any atom is 0.0542 e. The van der Waals surface area contributed by atoms with Crippen LogP contribution in [-0.4, -0.2) is 11.2 Å². The van der Waals surface area contributed by atoms with E-state index in [-0.39, 0.29) is 6.10 Å². The molecule has 0 aliphatic heterocycles. The van der Waals surface area contributed by atoms with Crippen molar-refractivity contribution in [2.45, 2.75) is 109 Å². The van der Waals surface area contributed by atoms with Gasteiger partial charge in [0.05, 0.1) is 6.10 Å². The summed E-state index contributed by atoms with van der Waals surface area (Å²) in [5.74, 6) is 0.859. The van der Waals surface area contributed by atoms with Crippen LogP contribution < -0.4 is 0 Å². The molecule has 1 atom stereocenters. The number of unbranched alkanes of at least 4 members (excludes halogenated alkanes) is 9. The van der Waals surface area contributed by atoms with E-state index in [4.69, 9.17) is 0 Å². The Hall–Kier alpha value is -0.0400. The van der Waals surface area contributed by atoms with Gasteiger partial charge >= 0.3 is 0 Å². The summed E-state index contributed by atoms with van der Waals surface area (Å²) >= 11 is 0. The van der Waals surface area contributed by atoms with Crippen molar-refractivity contribution in [2.24, 2.45) is 5.92 Å². The summed E-state index contributed by atoms with van der Waals surface area (Å²) in [6, 6.07) is 0. The molecule has 0 aromatic heterocycles. The average molecular weight is 268 g/mol. The summed E-state index contributed by atoms with van der Waals surface area (Å²) < 4.78 is 0. The van der Waals surface area contributed by atoms with Gasteiger partial charge in [-0.2, -0.15) is 0 Å². The van der Waals surface area contributed by atoms with E-state index in [2.05, 4.69) is 6.92 Å². The van der Waals surface area contributed by atoms with Crippen LogP contribution in [0.1, 0.15) is 103 Å². The molecule has 1 unspecified atom stereocenters. The second-order valence-electron chi connectivity index (χ2n) is 6.66. The minimum Gasteiger partial charge on any atom is -0.393 e. The summed E-state index contributed by atoms with van der Waals surface area (Å²) in [5, 5.41) is 9.91. The molecule has 0 radical (unpaired) electrons. The van der Waals surface area contributed by atoms with Gasteiger partial charge in [0, 0.05) is 0 Å². The molecule has 1 N–H and O–H groups in total. The first kappa shape index (κ1) is 17.0. The molecule has 1 saturated carbocycles. The van der Waals surface area contributed by atoms with E-state index in [1.807, 2.05) is 0 Å². The Labute approximate surface area is 121 Å². The number of hydrogen-bond donors (Lipinski definition) is 1. The maximum atomic E-state index is 9.91. The van der Waals surface area contributed by atoms with Crippen molar-refractivity contribution in [3.8, 4) is 0 Å². The van der Waals surface area contributed by atoms with E-state index in [1.54, 1.807) is 0 Å². The Bertz CT molecular complexity index is 186. The van der Waals surface area contributed by atoms with Crippen LogP contribution in [0, 0.1) is 5.92 Å². The third-order valence-electron chi connectivity index (χ3n) is 4.72. The molecule has 0 aromatic rings. The third kappa shape index (κ3) is 9.49. The van der Waals surface area contributed by atoms with Gasteiger partial charge in [-0.1, -0.05) is 90.4 Å². The molecule has 114 valence electrons. The summed E-state index contributed by atoms with van der Waals surface area (Å²) in [7, 11) is 0. The van der Waals surface area contributed by atoms with E-state index in [0.717, 1.165) is 18.8 Å². The molecule has 0 spiro atoms. The van der Waals surface area contributed by atoms with Crippen LogP contribution >= 0.6 is 0 Å². The van der Waals surface area contributed by atoms with Crippen molar-refractivity contribution in [3.05, 3.63) is 0 Å². The van der Waals surface area contributed by atoms with Gasteiger partial charge in [0.1, 0.15) is 0 Å².